The van der Waals surface area contributed by atoms with Gasteiger partial charge in [-0.2, -0.15) is 13.9 Å². The second-order valence-corrected chi connectivity index (χ2v) is 5.86. The number of anilines is 1. The molecule has 0 aliphatic heterocycles. The zero-order valence-corrected chi connectivity index (χ0v) is 14.1. The highest BCUT2D eigenvalue weighted by Gasteiger charge is 2.22. The van der Waals surface area contributed by atoms with Gasteiger partial charge in [-0.05, 0) is 27.8 Å². The van der Waals surface area contributed by atoms with Crippen molar-refractivity contribution in [3.8, 4) is 0 Å². The smallest absolute Gasteiger partial charge is 0.310 e. The number of hydrogen-bond acceptors (Lipinski definition) is 4. The Bertz CT molecular complexity index is 681. The van der Waals surface area contributed by atoms with Gasteiger partial charge in [0.05, 0.1) is 18.8 Å². The Hall–Kier alpha value is -2.29. The molecule has 1 amide bonds. The first-order valence-corrected chi connectivity index (χ1v) is 7.65. The van der Waals surface area contributed by atoms with Crippen molar-refractivity contribution >= 4 is 11.7 Å². The summed E-state index contributed by atoms with van der Waals surface area (Å²) in [6, 6.07) is 1.30. The van der Waals surface area contributed by atoms with Crippen LogP contribution in [0.5, 0.6) is 0 Å². The minimum Gasteiger partial charge on any atom is -0.310 e. The molecular formula is C15H22F2N6O. The highest BCUT2D eigenvalue weighted by atomic mass is 19.3. The third kappa shape index (κ3) is 3.97. The minimum absolute atomic E-state index is 0.113. The Morgan fingerprint density at radius 3 is 2.67 bits per heavy atom. The fourth-order valence-electron chi connectivity index (χ4n) is 2.26. The number of amides is 1. The molecule has 1 atom stereocenters. The first-order chi connectivity index (χ1) is 11.3. The van der Waals surface area contributed by atoms with Crippen molar-refractivity contribution in [2.24, 2.45) is 0 Å². The van der Waals surface area contributed by atoms with E-state index in [0.717, 1.165) is 4.57 Å². The fourth-order valence-corrected chi connectivity index (χ4v) is 2.26. The van der Waals surface area contributed by atoms with Crippen LogP contribution in [0.2, 0.25) is 0 Å². The van der Waals surface area contributed by atoms with Gasteiger partial charge in [0, 0.05) is 24.5 Å². The zero-order valence-electron chi connectivity index (χ0n) is 14.1. The number of nitrogens with one attached hydrogen (secondary N) is 1. The van der Waals surface area contributed by atoms with Crippen LogP contribution < -0.4 is 5.32 Å². The third-order valence-electron chi connectivity index (χ3n) is 3.80. The molecule has 0 aliphatic carbocycles. The van der Waals surface area contributed by atoms with Gasteiger partial charge < -0.3 is 5.32 Å². The van der Waals surface area contributed by atoms with Crippen LogP contribution in [0.4, 0.5) is 14.6 Å². The lowest BCUT2D eigenvalue weighted by molar-refractivity contribution is -0.120. The number of rotatable bonds is 7. The summed E-state index contributed by atoms with van der Waals surface area (Å²) in [5.41, 5.74) is 0. The molecule has 2 aromatic heterocycles. The molecule has 0 saturated carbocycles. The van der Waals surface area contributed by atoms with E-state index in [1.165, 1.54) is 12.4 Å². The lowest BCUT2D eigenvalue weighted by Gasteiger charge is -2.24. The maximum absolute atomic E-state index is 12.9. The van der Waals surface area contributed by atoms with Crippen LogP contribution in [0.25, 0.3) is 0 Å². The number of carbonyl (C=O) groups is 1. The van der Waals surface area contributed by atoms with Gasteiger partial charge in [0.15, 0.2) is 0 Å². The maximum atomic E-state index is 12.9. The van der Waals surface area contributed by atoms with Crippen LogP contribution in [-0.2, 0) is 11.3 Å². The number of nitrogens with zero attached hydrogens (tertiary/aromatic N) is 5. The van der Waals surface area contributed by atoms with Crippen molar-refractivity contribution in [2.75, 3.05) is 12.4 Å². The van der Waals surface area contributed by atoms with Gasteiger partial charge in [-0.3, -0.25) is 14.3 Å². The van der Waals surface area contributed by atoms with Crippen LogP contribution in [0.15, 0.2) is 24.7 Å². The van der Waals surface area contributed by atoms with E-state index in [2.05, 4.69) is 15.4 Å². The Kier molecular flexibility index (Phi) is 5.66. The van der Waals surface area contributed by atoms with E-state index in [1.54, 1.807) is 35.8 Å². The first-order valence-electron chi connectivity index (χ1n) is 7.65. The molecule has 7 nitrogen and oxygen atoms in total. The predicted octanol–water partition coefficient (Wildman–Crippen LogP) is 2.51. The topological polar surface area (TPSA) is 68.0 Å². The monoisotopic (exact) mass is 340 g/mol. The molecule has 0 bridgehead atoms. The van der Waals surface area contributed by atoms with Crippen molar-refractivity contribution < 1.29 is 13.6 Å². The van der Waals surface area contributed by atoms with Crippen molar-refractivity contribution in [1.82, 2.24) is 24.2 Å². The Morgan fingerprint density at radius 2 is 2.04 bits per heavy atom. The summed E-state index contributed by atoms with van der Waals surface area (Å²) in [5.74, 6) is 0.568. The minimum atomic E-state index is -2.65. The molecule has 132 valence electrons. The largest absolute Gasteiger partial charge is 0.319 e. The van der Waals surface area contributed by atoms with E-state index >= 15 is 0 Å². The lowest BCUT2D eigenvalue weighted by Crippen LogP contribution is -2.40. The molecule has 9 heteroatoms. The van der Waals surface area contributed by atoms with E-state index in [0.29, 0.717) is 5.82 Å². The van der Waals surface area contributed by atoms with Gasteiger partial charge >= 0.3 is 6.55 Å². The van der Waals surface area contributed by atoms with Crippen LogP contribution in [0.3, 0.4) is 0 Å². The van der Waals surface area contributed by atoms with Crippen molar-refractivity contribution in [3.63, 3.8) is 0 Å². The van der Waals surface area contributed by atoms with Gasteiger partial charge in [0.2, 0.25) is 5.91 Å². The summed E-state index contributed by atoms with van der Waals surface area (Å²) in [4.78, 5) is 18.0. The fraction of sp³-hybridized carbons (Fsp3) is 0.533. The van der Waals surface area contributed by atoms with E-state index in [9.17, 15) is 13.6 Å². The second-order valence-electron chi connectivity index (χ2n) is 5.86. The Morgan fingerprint density at radius 1 is 1.33 bits per heavy atom. The summed E-state index contributed by atoms with van der Waals surface area (Å²) in [6.07, 6.45) is 4.16. The zero-order chi connectivity index (χ0) is 17.9. The Balaban J connectivity index is 2.02. The van der Waals surface area contributed by atoms with Gasteiger partial charge in [0.25, 0.3) is 0 Å². The molecule has 0 radical (unpaired) electrons. The lowest BCUT2D eigenvalue weighted by atomic mass is 10.2. The van der Waals surface area contributed by atoms with Crippen LogP contribution in [0.1, 0.15) is 39.2 Å². The summed E-state index contributed by atoms with van der Waals surface area (Å²) >= 11 is 0. The number of hydrogen-bond donors (Lipinski definition) is 1. The molecule has 0 saturated heterocycles. The molecule has 0 aromatic carbocycles. The Labute approximate surface area is 139 Å². The molecular weight excluding hydrogens is 318 g/mol. The predicted molar refractivity (Wildman–Crippen MR) is 85.7 cm³/mol. The van der Waals surface area contributed by atoms with Crippen LogP contribution in [0, 0.1) is 0 Å². The number of carbonyl (C=O) groups excluding carboxylic acids is 1. The van der Waals surface area contributed by atoms with E-state index < -0.39 is 12.6 Å². The molecule has 2 heterocycles. The molecule has 1 N–H and O–H groups in total. The van der Waals surface area contributed by atoms with Gasteiger partial charge in [-0.1, -0.05) is 0 Å². The van der Waals surface area contributed by atoms with Crippen molar-refractivity contribution in [1.29, 1.82) is 0 Å². The number of likely N-dealkylation sites (N-methyl/N-ethyl adjacent to an activating group) is 1. The van der Waals surface area contributed by atoms with Crippen molar-refractivity contribution in [2.45, 2.75) is 45.9 Å². The molecule has 24 heavy (non-hydrogen) atoms. The number of imidazole rings is 1. The average molecular weight is 340 g/mol. The molecule has 0 aliphatic rings. The standard InChI is InChI=1S/C15H22F2N6O/c1-10(2)23-12(5-6-19-23)20-14(24)11(3)21(4)9-13-18-7-8-22(13)15(16)17/h5-8,10-11,15H,9H2,1-4H3,(H,20,24)/t11-/m0/s1. The third-order valence-corrected chi connectivity index (χ3v) is 3.80. The van der Waals surface area contributed by atoms with Crippen LogP contribution in [-0.4, -0.2) is 43.2 Å². The van der Waals surface area contributed by atoms with E-state index in [-0.39, 0.29) is 24.3 Å². The number of aromatic nitrogens is 4. The second kappa shape index (κ2) is 7.52. The molecule has 2 rings (SSSR count). The van der Waals surface area contributed by atoms with Gasteiger partial charge in [-0.15, -0.1) is 0 Å². The molecule has 2 aromatic rings. The highest BCUT2D eigenvalue weighted by molar-refractivity contribution is 5.93. The number of alkyl halides is 2. The molecule has 0 fully saturated rings. The van der Waals surface area contributed by atoms with E-state index in [4.69, 9.17) is 0 Å². The molecule has 0 spiro atoms. The van der Waals surface area contributed by atoms with E-state index in [1.807, 2.05) is 13.8 Å². The normalized spacial score (nSPS) is 13.0. The summed E-state index contributed by atoms with van der Waals surface area (Å²) in [6.45, 7) is 3.11. The first kappa shape index (κ1) is 18.1. The van der Waals surface area contributed by atoms with Gasteiger partial charge in [-0.25, -0.2) is 9.67 Å². The van der Waals surface area contributed by atoms with Crippen LogP contribution >= 0.6 is 0 Å². The van der Waals surface area contributed by atoms with Gasteiger partial charge in [0.1, 0.15) is 11.6 Å². The SMILES string of the molecule is CC(C)n1nccc1NC(=O)[C@H](C)N(C)Cc1nccn1C(F)F. The number of halogens is 2. The summed E-state index contributed by atoms with van der Waals surface area (Å²) in [7, 11) is 1.69. The quantitative estimate of drug-likeness (QED) is 0.841. The summed E-state index contributed by atoms with van der Waals surface area (Å²) < 4.78 is 28.2. The highest BCUT2D eigenvalue weighted by Crippen LogP contribution is 2.16. The molecule has 0 unspecified atom stereocenters. The average Bonchev–Trinajstić information content (AvgIpc) is 3.15. The maximum Gasteiger partial charge on any atom is 0.319 e. The summed E-state index contributed by atoms with van der Waals surface area (Å²) in [5, 5.41) is 6.97. The van der Waals surface area contributed by atoms with Crippen molar-refractivity contribution in [3.05, 3.63) is 30.5 Å².